The van der Waals surface area contributed by atoms with E-state index in [1.54, 1.807) is 0 Å². The summed E-state index contributed by atoms with van der Waals surface area (Å²) in [5.74, 6) is -0.599. The molecule has 1 atom stereocenters. The molecule has 2 fully saturated rings. The van der Waals surface area contributed by atoms with Crippen molar-refractivity contribution in [2.45, 2.75) is 57.3 Å². The fourth-order valence-corrected chi connectivity index (χ4v) is 3.86. The van der Waals surface area contributed by atoms with E-state index in [1.165, 1.54) is 19.1 Å². The third kappa shape index (κ3) is 4.38. The van der Waals surface area contributed by atoms with Crippen molar-refractivity contribution in [3.63, 3.8) is 0 Å². The van der Waals surface area contributed by atoms with Gasteiger partial charge in [0, 0.05) is 6.04 Å². The largest absolute Gasteiger partial charge is 0.416 e. The van der Waals surface area contributed by atoms with Gasteiger partial charge in [-0.25, -0.2) is 4.79 Å². The second kappa shape index (κ2) is 7.68. The van der Waals surface area contributed by atoms with Gasteiger partial charge in [0.25, 0.3) is 5.91 Å². The topological polar surface area (TPSA) is 78.5 Å². The van der Waals surface area contributed by atoms with Crippen LogP contribution in [0.2, 0.25) is 0 Å². The van der Waals surface area contributed by atoms with Crippen LogP contribution in [-0.4, -0.2) is 35.3 Å². The number of carbonyl (C=O) groups excluding carboxylic acids is 3. The van der Waals surface area contributed by atoms with Crippen molar-refractivity contribution < 1.29 is 27.6 Å². The second-order valence-electron chi connectivity index (χ2n) is 8.05. The molecule has 0 spiro atoms. The van der Waals surface area contributed by atoms with Gasteiger partial charge in [-0.2, -0.15) is 13.2 Å². The lowest BCUT2D eigenvalue weighted by Crippen LogP contribution is -2.46. The normalized spacial score (nSPS) is 27.7. The average molecular weight is 411 g/mol. The van der Waals surface area contributed by atoms with Crippen LogP contribution < -0.4 is 10.6 Å². The maximum Gasteiger partial charge on any atom is 0.416 e. The molecule has 0 aromatic heterocycles. The van der Waals surface area contributed by atoms with Crippen molar-refractivity contribution in [3.05, 3.63) is 35.4 Å². The molecule has 9 heteroatoms. The summed E-state index contributed by atoms with van der Waals surface area (Å²) in [6, 6.07) is 3.47. The van der Waals surface area contributed by atoms with Crippen LogP contribution in [0, 0.1) is 5.92 Å². The van der Waals surface area contributed by atoms with E-state index in [1.807, 2.05) is 0 Å². The van der Waals surface area contributed by atoms with Gasteiger partial charge < -0.3 is 10.6 Å². The predicted molar refractivity (Wildman–Crippen MR) is 98.6 cm³/mol. The van der Waals surface area contributed by atoms with Gasteiger partial charge in [-0.05, 0) is 56.2 Å². The van der Waals surface area contributed by atoms with Crippen LogP contribution in [0.4, 0.5) is 18.0 Å². The lowest BCUT2D eigenvalue weighted by atomic mass is 9.87. The second-order valence-corrected chi connectivity index (χ2v) is 8.05. The summed E-state index contributed by atoms with van der Waals surface area (Å²) < 4.78 is 39.0. The molecule has 1 aliphatic heterocycles. The number of rotatable bonds is 4. The average Bonchev–Trinajstić information content (AvgIpc) is 2.87. The molecule has 29 heavy (non-hydrogen) atoms. The van der Waals surface area contributed by atoms with E-state index in [0.717, 1.165) is 42.7 Å². The molecule has 158 valence electrons. The van der Waals surface area contributed by atoms with E-state index in [0.29, 0.717) is 5.92 Å². The minimum Gasteiger partial charge on any atom is -0.352 e. The lowest BCUT2D eigenvalue weighted by molar-refractivity contribution is -0.138. The van der Waals surface area contributed by atoms with Gasteiger partial charge in [-0.15, -0.1) is 0 Å². The SMILES string of the molecule is CC1CCC(NC(=O)CN2C(=O)NC(C)(c3cccc(C(F)(F)F)c3)C2=O)CC1. The van der Waals surface area contributed by atoms with Crippen LogP contribution in [0.25, 0.3) is 0 Å². The molecule has 1 heterocycles. The minimum atomic E-state index is -4.57. The molecule has 0 bridgehead atoms. The zero-order valence-corrected chi connectivity index (χ0v) is 16.3. The number of hydrogen-bond acceptors (Lipinski definition) is 3. The van der Waals surface area contributed by atoms with Gasteiger partial charge >= 0.3 is 12.2 Å². The lowest BCUT2D eigenvalue weighted by Gasteiger charge is -2.27. The molecular weight excluding hydrogens is 387 g/mol. The summed E-state index contributed by atoms with van der Waals surface area (Å²) in [7, 11) is 0. The Morgan fingerprint density at radius 2 is 1.90 bits per heavy atom. The minimum absolute atomic E-state index is 0.00863. The number of hydrogen-bond donors (Lipinski definition) is 2. The highest BCUT2D eigenvalue weighted by Crippen LogP contribution is 2.34. The van der Waals surface area contributed by atoms with Gasteiger partial charge in [0.15, 0.2) is 0 Å². The Balaban J connectivity index is 1.71. The highest BCUT2D eigenvalue weighted by Gasteiger charge is 2.50. The molecule has 2 aliphatic rings. The zero-order chi connectivity index (χ0) is 21.4. The fourth-order valence-electron chi connectivity index (χ4n) is 3.86. The number of amides is 4. The highest BCUT2D eigenvalue weighted by atomic mass is 19.4. The summed E-state index contributed by atoms with van der Waals surface area (Å²) in [5.41, 5.74) is -2.57. The van der Waals surface area contributed by atoms with Crippen molar-refractivity contribution in [2.24, 2.45) is 5.92 Å². The first-order valence-electron chi connectivity index (χ1n) is 9.62. The number of imide groups is 1. The first-order valence-corrected chi connectivity index (χ1v) is 9.62. The molecule has 1 saturated heterocycles. The van der Waals surface area contributed by atoms with E-state index in [4.69, 9.17) is 0 Å². The van der Waals surface area contributed by atoms with Crippen LogP contribution in [-0.2, 0) is 21.3 Å². The Kier molecular flexibility index (Phi) is 5.60. The number of urea groups is 1. The first kappa shape index (κ1) is 21.1. The molecule has 4 amide bonds. The smallest absolute Gasteiger partial charge is 0.352 e. The Bertz CT molecular complexity index is 819. The van der Waals surface area contributed by atoms with Gasteiger partial charge in [-0.3, -0.25) is 14.5 Å². The molecule has 1 aliphatic carbocycles. The van der Waals surface area contributed by atoms with Crippen molar-refractivity contribution >= 4 is 17.8 Å². The van der Waals surface area contributed by atoms with Gasteiger partial charge in [-0.1, -0.05) is 19.1 Å². The Morgan fingerprint density at radius 3 is 2.52 bits per heavy atom. The van der Waals surface area contributed by atoms with Crippen LogP contribution in [0.5, 0.6) is 0 Å². The standard InChI is InChI=1S/C20H24F3N3O3/c1-12-6-8-15(9-7-12)24-16(27)11-26-17(28)19(2,25-18(26)29)13-4-3-5-14(10-13)20(21,22)23/h3-5,10,12,15H,6-9,11H2,1-2H3,(H,24,27)(H,25,29). The Hall–Kier alpha value is -2.58. The third-order valence-corrected chi connectivity index (χ3v) is 5.72. The van der Waals surface area contributed by atoms with Gasteiger partial charge in [0.05, 0.1) is 5.56 Å². The van der Waals surface area contributed by atoms with E-state index in [-0.39, 0.29) is 11.6 Å². The Morgan fingerprint density at radius 1 is 1.24 bits per heavy atom. The molecule has 6 nitrogen and oxygen atoms in total. The predicted octanol–water partition coefficient (Wildman–Crippen LogP) is 3.17. The summed E-state index contributed by atoms with van der Waals surface area (Å²) in [4.78, 5) is 38.3. The van der Waals surface area contributed by atoms with E-state index in [2.05, 4.69) is 17.6 Å². The summed E-state index contributed by atoms with van der Waals surface area (Å²) in [6.07, 6.45) is -0.886. The van der Waals surface area contributed by atoms with Crippen LogP contribution in [0.3, 0.4) is 0 Å². The van der Waals surface area contributed by atoms with Crippen LogP contribution in [0.1, 0.15) is 50.7 Å². The monoisotopic (exact) mass is 411 g/mol. The molecular formula is C20H24F3N3O3. The van der Waals surface area contributed by atoms with Crippen molar-refractivity contribution in [2.75, 3.05) is 6.54 Å². The third-order valence-electron chi connectivity index (χ3n) is 5.72. The molecule has 1 aromatic carbocycles. The molecule has 2 N–H and O–H groups in total. The maximum absolute atomic E-state index is 13.0. The quantitative estimate of drug-likeness (QED) is 0.747. The van der Waals surface area contributed by atoms with Crippen LogP contribution in [0.15, 0.2) is 24.3 Å². The zero-order valence-electron chi connectivity index (χ0n) is 16.3. The number of benzene rings is 1. The van der Waals surface area contributed by atoms with E-state index in [9.17, 15) is 27.6 Å². The van der Waals surface area contributed by atoms with Crippen molar-refractivity contribution in [3.8, 4) is 0 Å². The summed E-state index contributed by atoms with van der Waals surface area (Å²) in [5, 5.41) is 5.27. The summed E-state index contributed by atoms with van der Waals surface area (Å²) in [6.45, 7) is 3.02. The number of nitrogens with zero attached hydrogens (tertiary/aromatic N) is 1. The molecule has 0 radical (unpaired) electrons. The van der Waals surface area contributed by atoms with Gasteiger partial charge in [0.2, 0.25) is 5.91 Å². The van der Waals surface area contributed by atoms with Gasteiger partial charge in [0.1, 0.15) is 12.1 Å². The first-order chi connectivity index (χ1) is 13.5. The molecule has 3 rings (SSSR count). The van der Waals surface area contributed by atoms with E-state index < -0.39 is 41.7 Å². The molecule has 1 unspecified atom stereocenters. The summed E-state index contributed by atoms with van der Waals surface area (Å²) >= 11 is 0. The number of carbonyl (C=O) groups is 3. The molecule has 1 saturated carbocycles. The Labute approximate surface area is 166 Å². The number of halogens is 3. The van der Waals surface area contributed by atoms with Crippen molar-refractivity contribution in [1.82, 2.24) is 15.5 Å². The van der Waals surface area contributed by atoms with E-state index >= 15 is 0 Å². The van der Waals surface area contributed by atoms with Crippen molar-refractivity contribution in [1.29, 1.82) is 0 Å². The molecule has 1 aromatic rings. The fraction of sp³-hybridized carbons (Fsp3) is 0.550. The van der Waals surface area contributed by atoms with Crippen LogP contribution >= 0.6 is 0 Å². The number of alkyl halides is 3. The maximum atomic E-state index is 13.0. The highest BCUT2D eigenvalue weighted by molar-refractivity contribution is 6.09. The number of nitrogens with one attached hydrogen (secondary N) is 2.